The lowest BCUT2D eigenvalue weighted by Gasteiger charge is -2.22. The van der Waals surface area contributed by atoms with E-state index in [0.29, 0.717) is 0 Å². The summed E-state index contributed by atoms with van der Waals surface area (Å²) in [4.78, 5) is 8.87. The molecular formula is C14H18N2. The fraction of sp³-hybridized carbons (Fsp3) is 0.429. The van der Waals surface area contributed by atoms with E-state index in [9.17, 15) is 0 Å². The fourth-order valence-electron chi connectivity index (χ4n) is 1.98. The third-order valence-corrected chi connectivity index (χ3v) is 2.84. The fourth-order valence-corrected chi connectivity index (χ4v) is 1.98. The SMILES string of the molecule is CCc1nc2ccncc2cc1C(C)(C)C. The minimum atomic E-state index is 0.141. The van der Waals surface area contributed by atoms with Crippen molar-refractivity contribution in [3.63, 3.8) is 0 Å². The summed E-state index contributed by atoms with van der Waals surface area (Å²) in [5.74, 6) is 0. The molecule has 0 atom stereocenters. The average molecular weight is 214 g/mol. The average Bonchev–Trinajstić information content (AvgIpc) is 2.26. The molecule has 0 fully saturated rings. The van der Waals surface area contributed by atoms with Crippen LogP contribution >= 0.6 is 0 Å². The van der Waals surface area contributed by atoms with E-state index in [0.717, 1.165) is 17.3 Å². The van der Waals surface area contributed by atoms with Crippen LogP contribution in [0.15, 0.2) is 24.5 Å². The summed E-state index contributed by atoms with van der Waals surface area (Å²) in [6.45, 7) is 8.84. The zero-order valence-corrected chi connectivity index (χ0v) is 10.4. The second kappa shape index (κ2) is 3.85. The Kier molecular flexibility index (Phi) is 2.66. The predicted octanol–water partition coefficient (Wildman–Crippen LogP) is 3.49. The molecule has 0 radical (unpaired) electrons. The number of hydrogen-bond donors (Lipinski definition) is 0. The van der Waals surface area contributed by atoms with Gasteiger partial charge >= 0.3 is 0 Å². The number of aromatic nitrogens is 2. The summed E-state index contributed by atoms with van der Waals surface area (Å²) >= 11 is 0. The van der Waals surface area contributed by atoms with E-state index in [1.54, 1.807) is 6.20 Å². The van der Waals surface area contributed by atoms with E-state index in [4.69, 9.17) is 4.98 Å². The van der Waals surface area contributed by atoms with Gasteiger partial charge < -0.3 is 0 Å². The molecule has 0 spiro atoms. The minimum Gasteiger partial charge on any atom is -0.264 e. The lowest BCUT2D eigenvalue weighted by atomic mass is 9.84. The van der Waals surface area contributed by atoms with Crippen molar-refractivity contribution in [3.8, 4) is 0 Å². The Morgan fingerprint density at radius 3 is 2.62 bits per heavy atom. The van der Waals surface area contributed by atoms with Gasteiger partial charge in [0.25, 0.3) is 0 Å². The Morgan fingerprint density at radius 1 is 1.25 bits per heavy atom. The van der Waals surface area contributed by atoms with Gasteiger partial charge in [0, 0.05) is 23.5 Å². The molecule has 84 valence electrons. The van der Waals surface area contributed by atoms with E-state index in [1.165, 1.54) is 11.3 Å². The van der Waals surface area contributed by atoms with E-state index in [-0.39, 0.29) is 5.41 Å². The van der Waals surface area contributed by atoms with Crippen molar-refractivity contribution in [2.75, 3.05) is 0 Å². The van der Waals surface area contributed by atoms with Crippen molar-refractivity contribution in [3.05, 3.63) is 35.8 Å². The van der Waals surface area contributed by atoms with Gasteiger partial charge in [-0.2, -0.15) is 0 Å². The number of rotatable bonds is 1. The van der Waals surface area contributed by atoms with Crippen molar-refractivity contribution in [1.29, 1.82) is 0 Å². The highest BCUT2D eigenvalue weighted by molar-refractivity contribution is 5.78. The van der Waals surface area contributed by atoms with E-state index in [2.05, 4.69) is 38.7 Å². The van der Waals surface area contributed by atoms with Crippen LogP contribution in [0.1, 0.15) is 39.0 Å². The van der Waals surface area contributed by atoms with E-state index >= 15 is 0 Å². The highest BCUT2D eigenvalue weighted by atomic mass is 14.7. The van der Waals surface area contributed by atoms with Crippen LogP contribution in [-0.4, -0.2) is 9.97 Å². The van der Waals surface area contributed by atoms with Crippen LogP contribution < -0.4 is 0 Å². The van der Waals surface area contributed by atoms with Crippen molar-refractivity contribution in [1.82, 2.24) is 9.97 Å². The Morgan fingerprint density at radius 2 is 2.00 bits per heavy atom. The summed E-state index contributed by atoms with van der Waals surface area (Å²) < 4.78 is 0. The topological polar surface area (TPSA) is 25.8 Å². The van der Waals surface area contributed by atoms with Crippen LogP contribution in [0.5, 0.6) is 0 Å². The molecular weight excluding hydrogens is 196 g/mol. The van der Waals surface area contributed by atoms with Crippen LogP contribution in [0.4, 0.5) is 0 Å². The number of aryl methyl sites for hydroxylation is 1. The molecule has 2 heterocycles. The second-order valence-corrected chi connectivity index (χ2v) is 5.15. The van der Waals surface area contributed by atoms with Crippen LogP contribution in [0, 0.1) is 0 Å². The molecule has 0 saturated carbocycles. The summed E-state index contributed by atoms with van der Waals surface area (Å²) in [5.41, 5.74) is 3.71. The van der Waals surface area contributed by atoms with Gasteiger partial charge in [-0.05, 0) is 29.5 Å². The first-order valence-electron chi connectivity index (χ1n) is 5.76. The first kappa shape index (κ1) is 11.1. The zero-order valence-electron chi connectivity index (χ0n) is 10.4. The molecule has 0 N–H and O–H groups in total. The summed E-state index contributed by atoms with van der Waals surface area (Å²) in [6.07, 6.45) is 4.66. The largest absolute Gasteiger partial charge is 0.264 e. The first-order valence-corrected chi connectivity index (χ1v) is 5.76. The Balaban J connectivity index is 2.73. The van der Waals surface area contributed by atoms with E-state index in [1.807, 2.05) is 12.3 Å². The molecule has 0 aliphatic rings. The summed E-state index contributed by atoms with van der Waals surface area (Å²) in [6, 6.07) is 4.20. The predicted molar refractivity (Wildman–Crippen MR) is 67.6 cm³/mol. The first-order chi connectivity index (χ1) is 7.52. The molecule has 2 aromatic rings. The molecule has 16 heavy (non-hydrogen) atoms. The lowest BCUT2D eigenvalue weighted by molar-refractivity contribution is 0.580. The van der Waals surface area contributed by atoms with Gasteiger partial charge in [-0.1, -0.05) is 27.7 Å². The molecule has 0 bridgehead atoms. The molecule has 0 aromatic carbocycles. The highest BCUT2D eigenvalue weighted by Gasteiger charge is 2.18. The quantitative estimate of drug-likeness (QED) is 0.726. The van der Waals surface area contributed by atoms with Crippen molar-refractivity contribution < 1.29 is 0 Å². The van der Waals surface area contributed by atoms with Crippen molar-refractivity contribution in [2.24, 2.45) is 0 Å². The summed E-state index contributed by atoms with van der Waals surface area (Å²) in [7, 11) is 0. The van der Waals surface area contributed by atoms with E-state index < -0.39 is 0 Å². The second-order valence-electron chi connectivity index (χ2n) is 5.15. The molecule has 2 nitrogen and oxygen atoms in total. The summed E-state index contributed by atoms with van der Waals surface area (Å²) in [5, 5.41) is 1.13. The molecule has 0 saturated heterocycles. The Labute approximate surface area is 96.7 Å². The Hall–Kier alpha value is -1.44. The van der Waals surface area contributed by atoms with Crippen LogP contribution in [0.3, 0.4) is 0 Å². The Bertz CT molecular complexity index is 510. The lowest BCUT2D eigenvalue weighted by Crippen LogP contribution is -2.15. The molecule has 0 aliphatic heterocycles. The van der Waals surface area contributed by atoms with Gasteiger partial charge in [0.05, 0.1) is 5.52 Å². The van der Waals surface area contributed by atoms with Crippen LogP contribution in [0.2, 0.25) is 0 Å². The normalized spacial score (nSPS) is 12.0. The van der Waals surface area contributed by atoms with Crippen molar-refractivity contribution in [2.45, 2.75) is 39.5 Å². The molecule has 0 unspecified atom stereocenters. The zero-order chi connectivity index (χ0) is 11.8. The maximum absolute atomic E-state index is 4.72. The van der Waals surface area contributed by atoms with Gasteiger partial charge in [0.15, 0.2) is 0 Å². The molecule has 0 aliphatic carbocycles. The molecule has 0 amide bonds. The van der Waals surface area contributed by atoms with Gasteiger partial charge in [-0.25, -0.2) is 0 Å². The maximum atomic E-state index is 4.72. The third-order valence-electron chi connectivity index (χ3n) is 2.84. The van der Waals surface area contributed by atoms with Crippen LogP contribution in [-0.2, 0) is 11.8 Å². The molecule has 2 rings (SSSR count). The van der Waals surface area contributed by atoms with Gasteiger partial charge in [-0.15, -0.1) is 0 Å². The van der Waals surface area contributed by atoms with Crippen molar-refractivity contribution >= 4 is 10.9 Å². The highest BCUT2D eigenvalue weighted by Crippen LogP contribution is 2.28. The third kappa shape index (κ3) is 1.92. The smallest absolute Gasteiger partial charge is 0.0736 e. The van der Waals surface area contributed by atoms with Crippen LogP contribution in [0.25, 0.3) is 10.9 Å². The number of hydrogen-bond acceptors (Lipinski definition) is 2. The van der Waals surface area contributed by atoms with Gasteiger partial charge in [0.2, 0.25) is 0 Å². The standard InChI is InChI=1S/C14H18N2/c1-5-12-11(14(2,3)4)8-10-9-15-7-6-13(10)16-12/h6-9H,5H2,1-4H3. The van der Waals surface area contributed by atoms with Gasteiger partial charge in [0.1, 0.15) is 0 Å². The molecule has 2 heteroatoms. The number of pyridine rings is 2. The minimum absolute atomic E-state index is 0.141. The maximum Gasteiger partial charge on any atom is 0.0736 e. The molecule has 2 aromatic heterocycles. The number of nitrogens with zero attached hydrogens (tertiary/aromatic N) is 2. The number of fused-ring (bicyclic) bond motifs is 1. The van der Waals surface area contributed by atoms with Gasteiger partial charge in [-0.3, -0.25) is 9.97 Å². The monoisotopic (exact) mass is 214 g/mol.